The maximum absolute atomic E-state index is 12.9. The predicted molar refractivity (Wildman–Crippen MR) is 117 cm³/mol. The summed E-state index contributed by atoms with van der Waals surface area (Å²) in [4.78, 5) is 54.7. The molecule has 0 saturated carbocycles. The summed E-state index contributed by atoms with van der Waals surface area (Å²) < 4.78 is 11.4. The van der Waals surface area contributed by atoms with Crippen LogP contribution >= 0.6 is 11.3 Å². The van der Waals surface area contributed by atoms with Gasteiger partial charge in [-0.15, -0.1) is 11.3 Å². The number of anilines is 2. The number of hydrogen-bond acceptors (Lipinski definition) is 8. The summed E-state index contributed by atoms with van der Waals surface area (Å²) in [6, 6.07) is 1.81. The zero-order valence-corrected chi connectivity index (χ0v) is 18.4. The van der Waals surface area contributed by atoms with Gasteiger partial charge < -0.3 is 15.2 Å². The van der Waals surface area contributed by atoms with Crippen molar-refractivity contribution in [2.75, 3.05) is 37.5 Å². The number of aryl methyl sites for hydroxylation is 2. The number of nitrogens with one attached hydrogen (secondary N) is 1. The lowest BCUT2D eigenvalue weighted by molar-refractivity contribution is -0.121. The molecule has 10 nitrogen and oxygen atoms in total. The average molecular weight is 451 g/mol. The van der Waals surface area contributed by atoms with E-state index in [0.29, 0.717) is 11.3 Å². The molecular formula is C20H26N4O6S. The lowest BCUT2D eigenvalue weighted by Crippen LogP contribution is -2.44. The topological polar surface area (TPSA) is 137 Å². The van der Waals surface area contributed by atoms with Crippen LogP contribution in [0, 0.1) is 0 Å². The average Bonchev–Trinajstić information content (AvgIpc) is 3.33. The second-order valence-corrected chi connectivity index (χ2v) is 8.31. The number of esters is 1. The third kappa shape index (κ3) is 4.88. The molecule has 1 amide bonds. The lowest BCUT2D eigenvalue weighted by atomic mass is 10.2. The molecule has 3 N–H and O–H groups in total. The van der Waals surface area contributed by atoms with E-state index in [1.54, 1.807) is 0 Å². The fraction of sp³-hybridized carbons (Fsp3) is 0.500. The molecule has 31 heavy (non-hydrogen) atoms. The molecule has 0 aliphatic heterocycles. The fourth-order valence-corrected chi connectivity index (χ4v) is 4.68. The molecule has 2 heterocycles. The van der Waals surface area contributed by atoms with Crippen LogP contribution in [0.15, 0.2) is 15.7 Å². The van der Waals surface area contributed by atoms with E-state index in [1.807, 2.05) is 13.0 Å². The van der Waals surface area contributed by atoms with Gasteiger partial charge in [-0.25, -0.2) is 9.59 Å². The zero-order chi connectivity index (χ0) is 22.5. The first-order chi connectivity index (χ1) is 14.9. The normalized spacial score (nSPS) is 12.6. The van der Waals surface area contributed by atoms with Crippen LogP contribution in [0.3, 0.4) is 0 Å². The van der Waals surface area contributed by atoms with Crippen LogP contribution in [0.4, 0.5) is 11.5 Å². The van der Waals surface area contributed by atoms with Gasteiger partial charge in [-0.2, -0.15) is 0 Å². The minimum absolute atomic E-state index is 0.00219. The SMILES string of the molecule is CCCn1c(N)c(N(CCOC)C(=O)COC(=O)c2cc3c(s2)CCC3)c(=O)[nH]c1=O. The minimum atomic E-state index is -0.791. The van der Waals surface area contributed by atoms with Crippen LogP contribution in [-0.4, -0.2) is 48.3 Å². The number of aromatic nitrogens is 2. The van der Waals surface area contributed by atoms with Gasteiger partial charge >= 0.3 is 11.7 Å². The van der Waals surface area contributed by atoms with E-state index in [0.717, 1.165) is 29.7 Å². The number of methoxy groups -OCH3 is 1. The van der Waals surface area contributed by atoms with Crippen molar-refractivity contribution in [1.82, 2.24) is 9.55 Å². The first-order valence-electron chi connectivity index (χ1n) is 10.1. The molecule has 1 aliphatic rings. The molecule has 1 aliphatic carbocycles. The Morgan fingerprint density at radius 2 is 2.10 bits per heavy atom. The number of hydrogen-bond donors (Lipinski definition) is 2. The van der Waals surface area contributed by atoms with Crippen LogP contribution in [-0.2, 0) is 33.7 Å². The minimum Gasteiger partial charge on any atom is -0.451 e. The van der Waals surface area contributed by atoms with Crippen LogP contribution in [0.5, 0.6) is 0 Å². The number of fused-ring (bicyclic) bond motifs is 1. The quantitative estimate of drug-likeness (QED) is 0.542. The summed E-state index contributed by atoms with van der Waals surface area (Å²) >= 11 is 1.38. The number of rotatable bonds is 9. The highest BCUT2D eigenvalue weighted by atomic mass is 32.1. The van der Waals surface area contributed by atoms with Gasteiger partial charge in [0.2, 0.25) is 0 Å². The Kier molecular flexibility index (Phi) is 7.29. The number of carbonyl (C=O) groups is 2. The Bertz CT molecular complexity index is 1060. The molecular weight excluding hydrogens is 424 g/mol. The van der Waals surface area contributed by atoms with Crippen molar-refractivity contribution in [1.29, 1.82) is 0 Å². The third-order valence-corrected chi connectivity index (χ3v) is 6.24. The number of thiophene rings is 1. The van der Waals surface area contributed by atoms with Gasteiger partial charge in [-0.3, -0.25) is 24.0 Å². The highest BCUT2D eigenvalue weighted by Gasteiger charge is 2.26. The van der Waals surface area contributed by atoms with Gasteiger partial charge in [0.1, 0.15) is 10.7 Å². The summed E-state index contributed by atoms with van der Waals surface area (Å²) in [6.07, 6.45) is 3.58. The lowest BCUT2D eigenvalue weighted by Gasteiger charge is -2.24. The van der Waals surface area contributed by atoms with Crippen LogP contribution in [0.2, 0.25) is 0 Å². The van der Waals surface area contributed by atoms with Crippen molar-refractivity contribution in [2.45, 2.75) is 39.2 Å². The molecule has 0 bridgehead atoms. The number of nitrogen functional groups attached to an aromatic ring is 1. The van der Waals surface area contributed by atoms with Gasteiger partial charge in [-0.1, -0.05) is 6.92 Å². The number of H-pyrrole nitrogens is 1. The zero-order valence-electron chi connectivity index (χ0n) is 17.6. The highest BCUT2D eigenvalue weighted by molar-refractivity contribution is 7.14. The number of nitrogens with zero attached hydrogens (tertiary/aromatic N) is 2. The maximum Gasteiger partial charge on any atom is 0.348 e. The second kappa shape index (κ2) is 9.92. The standard InChI is InChI=1S/C20H26N4O6S/c1-3-7-24-17(21)16(18(26)22-20(24)28)23(8-9-29-2)15(25)11-30-19(27)14-10-12-5-4-6-13(12)31-14/h10H,3-9,11,21H2,1-2H3,(H,22,26,28). The number of ether oxygens (including phenoxy) is 2. The Balaban J connectivity index is 1.81. The molecule has 11 heteroatoms. The van der Waals surface area contributed by atoms with Crippen molar-refractivity contribution in [2.24, 2.45) is 0 Å². The van der Waals surface area contributed by atoms with Gasteiger partial charge in [0.15, 0.2) is 12.3 Å². The van der Waals surface area contributed by atoms with E-state index in [1.165, 1.54) is 27.9 Å². The maximum atomic E-state index is 12.9. The molecule has 2 aromatic heterocycles. The molecule has 3 rings (SSSR count). The van der Waals surface area contributed by atoms with Crippen molar-refractivity contribution >= 4 is 34.7 Å². The fourth-order valence-electron chi connectivity index (χ4n) is 3.53. The number of carbonyl (C=O) groups excluding carboxylic acids is 2. The van der Waals surface area contributed by atoms with Gasteiger partial charge in [-0.05, 0) is 37.3 Å². The van der Waals surface area contributed by atoms with E-state index in [4.69, 9.17) is 15.2 Å². The van der Waals surface area contributed by atoms with Crippen molar-refractivity contribution < 1.29 is 19.1 Å². The first-order valence-corrected chi connectivity index (χ1v) is 10.9. The molecule has 0 atom stereocenters. The second-order valence-electron chi connectivity index (χ2n) is 7.17. The highest BCUT2D eigenvalue weighted by Crippen LogP contribution is 2.31. The Labute approximate surface area is 182 Å². The summed E-state index contributed by atoms with van der Waals surface area (Å²) in [5, 5.41) is 0. The summed E-state index contributed by atoms with van der Waals surface area (Å²) in [7, 11) is 1.45. The Hall–Kier alpha value is -2.92. The number of nitrogens with two attached hydrogens (primary N) is 1. The molecule has 0 spiro atoms. The largest absolute Gasteiger partial charge is 0.451 e. The Morgan fingerprint density at radius 1 is 1.32 bits per heavy atom. The predicted octanol–water partition coefficient (Wildman–Crippen LogP) is 0.915. The van der Waals surface area contributed by atoms with E-state index in [2.05, 4.69) is 4.98 Å². The molecule has 168 valence electrons. The molecule has 0 unspecified atom stereocenters. The first kappa shape index (κ1) is 22.8. The van der Waals surface area contributed by atoms with Gasteiger partial charge in [0.05, 0.1) is 6.61 Å². The van der Waals surface area contributed by atoms with Gasteiger partial charge in [0.25, 0.3) is 11.5 Å². The van der Waals surface area contributed by atoms with Crippen molar-refractivity contribution in [3.05, 3.63) is 42.2 Å². The van der Waals surface area contributed by atoms with Crippen LogP contribution in [0.25, 0.3) is 0 Å². The van der Waals surface area contributed by atoms with E-state index in [-0.39, 0.29) is 31.2 Å². The summed E-state index contributed by atoms with van der Waals surface area (Å²) in [6.45, 7) is 1.67. The Morgan fingerprint density at radius 3 is 2.77 bits per heavy atom. The smallest absolute Gasteiger partial charge is 0.348 e. The van der Waals surface area contributed by atoms with Gasteiger partial charge in [0, 0.05) is 25.1 Å². The third-order valence-electron chi connectivity index (χ3n) is 5.03. The van der Waals surface area contributed by atoms with E-state index < -0.39 is 29.7 Å². The van der Waals surface area contributed by atoms with E-state index >= 15 is 0 Å². The monoisotopic (exact) mass is 450 g/mol. The van der Waals surface area contributed by atoms with E-state index in [9.17, 15) is 19.2 Å². The number of aromatic amines is 1. The van der Waals surface area contributed by atoms with Crippen molar-refractivity contribution in [3.8, 4) is 0 Å². The molecule has 2 aromatic rings. The number of amides is 1. The van der Waals surface area contributed by atoms with Crippen LogP contribution < -0.4 is 21.9 Å². The van der Waals surface area contributed by atoms with Crippen molar-refractivity contribution in [3.63, 3.8) is 0 Å². The molecule has 0 radical (unpaired) electrons. The molecule has 0 fully saturated rings. The van der Waals surface area contributed by atoms with Crippen LogP contribution in [0.1, 0.15) is 39.9 Å². The molecule has 0 saturated heterocycles. The summed E-state index contributed by atoms with van der Waals surface area (Å²) in [5.41, 5.74) is 5.62. The molecule has 0 aromatic carbocycles. The summed E-state index contributed by atoms with van der Waals surface area (Å²) in [5.74, 6) is -1.35.